The van der Waals surface area contributed by atoms with Crippen LogP contribution in [0.25, 0.3) is 0 Å². The first-order valence-electron chi connectivity index (χ1n) is 5.72. The summed E-state index contributed by atoms with van der Waals surface area (Å²) in [6.45, 7) is 3.15. The van der Waals surface area contributed by atoms with Crippen molar-refractivity contribution in [1.82, 2.24) is 5.32 Å². The fourth-order valence-electron chi connectivity index (χ4n) is 1.20. The van der Waals surface area contributed by atoms with Crippen molar-refractivity contribution in [2.75, 3.05) is 19.8 Å². The molecule has 0 aliphatic rings. The highest BCUT2D eigenvalue weighted by atomic mass is 19.4. The van der Waals surface area contributed by atoms with Crippen LogP contribution >= 0.6 is 0 Å². The monoisotopic (exact) mass is 271 g/mol. The summed E-state index contributed by atoms with van der Waals surface area (Å²) in [6.07, 6.45) is -3.71. The van der Waals surface area contributed by atoms with Crippen LogP contribution in [0.5, 0.6) is 0 Å². The Morgan fingerprint density at radius 1 is 1.44 bits per heavy atom. The maximum atomic E-state index is 11.7. The molecule has 2 unspecified atom stereocenters. The van der Waals surface area contributed by atoms with Gasteiger partial charge in [0.1, 0.15) is 13.2 Å². The van der Waals surface area contributed by atoms with E-state index >= 15 is 0 Å². The van der Waals surface area contributed by atoms with Crippen molar-refractivity contribution >= 4 is 5.91 Å². The molecule has 0 saturated heterocycles. The number of carbonyl (C=O) groups excluding carboxylic acids is 1. The number of carbonyl (C=O) groups is 1. The molecule has 0 saturated carbocycles. The normalized spacial score (nSPS) is 17.1. The first-order valence-corrected chi connectivity index (χ1v) is 5.72. The quantitative estimate of drug-likeness (QED) is 0.737. The van der Waals surface area contributed by atoms with Gasteiger partial charge >= 0.3 is 6.18 Å². The van der Waals surface area contributed by atoms with Crippen molar-refractivity contribution in [2.24, 2.45) is 5.92 Å². The third-order valence-corrected chi connectivity index (χ3v) is 2.82. The first kappa shape index (κ1) is 17.2. The number of hydrogen-bond acceptors (Lipinski definition) is 3. The zero-order valence-electron chi connectivity index (χ0n) is 10.8. The predicted octanol–water partition coefficient (Wildman–Crippen LogP) is 1.48. The molecule has 0 rings (SSSR count). The molecule has 2 atom stereocenters. The molecule has 0 aromatic heterocycles. The smallest absolute Gasteiger partial charge is 0.388 e. The number of alkyl halides is 3. The van der Waals surface area contributed by atoms with Gasteiger partial charge in [0.15, 0.2) is 0 Å². The largest absolute Gasteiger partial charge is 0.411 e. The van der Waals surface area contributed by atoms with Gasteiger partial charge < -0.3 is 15.2 Å². The van der Waals surface area contributed by atoms with Crippen molar-refractivity contribution in [3.8, 4) is 0 Å². The SMILES string of the molecule is CCC(C)C(C)(O)CNC(=O)COCC(F)(F)F. The van der Waals surface area contributed by atoms with E-state index < -0.39 is 30.9 Å². The van der Waals surface area contributed by atoms with E-state index in [0.29, 0.717) is 0 Å². The highest BCUT2D eigenvalue weighted by Gasteiger charge is 2.29. The molecular weight excluding hydrogens is 251 g/mol. The van der Waals surface area contributed by atoms with E-state index in [-0.39, 0.29) is 12.5 Å². The minimum absolute atomic E-state index is 0.0176. The molecule has 0 aromatic rings. The molecular formula is C11H20F3NO3. The second-order valence-corrected chi connectivity index (χ2v) is 4.55. The Bertz CT molecular complexity index is 267. The van der Waals surface area contributed by atoms with E-state index in [9.17, 15) is 23.1 Å². The second-order valence-electron chi connectivity index (χ2n) is 4.55. The molecule has 7 heteroatoms. The third-order valence-electron chi connectivity index (χ3n) is 2.82. The molecule has 0 bridgehead atoms. The minimum Gasteiger partial charge on any atom is -0.388 e. The number of amides is 1. The van der Waals surface area contributed by atoms with Gasteiger partial charge in [-0.3, -0.25) is 4.79 Å². The zero-order chi connectivity index (χ0) is 14.4. The van der Waals surface area contributed by atoms with Crippen molar-refractivity contribution in [3.05, 3.63) is 0 Å². The average Bonchev–Trinajstić information content (AvgIpc) is 2.23. The Labute approximate surface area is 105 Å². The fourth-order valence-corrected chi connectivity index (χ4v) is 1.20. The van der Waals surface area contributed by atoms with Gasteiger partial charge in [-0.1, -0.05) is 20.3 Å². The van der Waals surface area contributed by atoms with Crippen LogP contribution in [0.1, 0.15) is 27.2 Å². The summed E-state index contributed by atoms with van der Waals surface area (Å²) in [5.41, 5.74) is -1.09. The molecule has 4 nitrogen and oxygen atoms in total. The summed E-state index contributed by atoms with van der Waals surface area (Å²) in [7, 11) is 0. The molecule has 0 aromatic carbocycles. The van der Waals surface area contributed by atoms with E-state index in [1.54, 1.807) is 6.92 Å². The van der Waals surface area contributed by atoms with Crippen LogP contribution in [0.4, 0.5) is 13.2 Å². The number of aliphatic hydroxyl groups is 1. The van der Waals surface area contributed by atoms with Gasteiger partial charge in [-0.2, -0.15) is 13.2 Å². The topological polar surface area (TPSA) is 58.6 Å². The van der Waals surface area contributed by atoms with E-state index in [1.165, 1.54) is 0 Å². The Hall–Kier alpha value is -0.820. The number of hydrogen-bond donors (Lipinski definition) is 2. The molecule has 0 radical (unpaired) electrons. The summed E-state index contributed by atoms with van der Waals surface area (Å²) in [6, 6.07) is 0. The van der Waals surface area contributed by atoms with E-state index in [2.05, 4.69) is 10.1 Å². The standard InChI is InChI=1S/C11H20F3NO3/c1-4-8(2)10(3,17)6-15-9(16)5-18-7-11(12,13)14/h8,17H,4-7H2,1-3H3,(H,15,16). The van der Waals surface area contributed by atoms with E-state index in [4.69, 9.17) is 0 Å². The number of halogens is 3. The highest BCUT2D eigenvalue weighted by Crippen LogP contribution is 2.18. The first-order chi connectivity index (χ1) is 8.08. The van der Waals surface area contributed by atoms with Crippen LogP contribution in [-0.2, 0) is 9.53 Å². The Morgan fingerprint density at radius 2 is 2.00 bits per heavy atom. The summed E-state index contributed by atoms with van der Waals surface area (Å²) >= 11 is 0. The predicted molar refractivity (Wildman–Crippen MR) is 60.0 cm³/mol. The number of rotatable bonds is 7. The molecule has 0 aliphatic carbocycles. The van der Waals surface area contributed by atoms with Gasteiger partial charge in [-0.25, -0.2) is 0 Å². The Kier molecular flexibility index (Phi) is 6.62. The van der Waals surface area contributed by atoms with Crippen LogP contribution in [0.2, 0.25) is 0 Å². The van der Waals surface area contributed by atoms with Gasteiger partial charge in [-0.15, -0.1) is 0 Å². The lowest BCUT2D eigenvalue weighted by atomic mass is 9.89. The van der Waals surface area contributed by atoms with E-state index in [0.717, 1.165) is 6.42 Å². The maximum absolute atomic E-state index is 11.7. The van der Waals surface area contributed by atoms with Gasteiger partial charge in [0.25, 0.3) is 0 Å². The molecule has 0 fully saturated rings. The van der Waals surface area contributed by atoms with Crippen molar-refractivity contribution < 1.29 is 27.8 Å². The lowest BCUT2D eigenvalue weighted by Gasteiger charge is -2.29. The van der Waals surface area contributed by atoms with Crippen molar-refractivity contribution in [3.63, 3.8) is 0 Å². The van der Waals surface area contributed by atoms with Crippen LogP contribution in [0, 0.1) is 5.92 Å². The summed E-state index contributed by atoms with van der Waals surface area (Å²) < 4.78 is 39.4. The molecule has 1 amide bonds. The molecule has 0 aliphatic heterocycles. The third kappa shape index (κ3) is 7.50. The minimum atomic E-state index is -4.44. The fraction of sp³-hybridized carbons (Fsp3) is 0.909. The molecule has 0 spiro atoms. The summed E-state index contributed by atoms with van der Waals surface area (Å²) in [5, 5.41) is 12.3. The lowest BCUT2D eigenvalue weighted by molar-refractivity contribution is -0.175. The summed E-state index contributed by atoms with van der Waals surface area (Å²) in [5.74, 6) is -0.711. The van der Waals surface area contributed by atoms with Gasteiger partial charge in [-0.05, 0) is 12.8 Å². The van der Waals surface area contributed by atoms with Crippen LogP contribution in [0.15, 0.2) is 0 Å². The maximum Gasteiger partial charge on any atom is 0.411 e. The van der Waals surface area contributed by atoms with Gasteiger partial charge in [0.2, 0.25) is 5.91 Å². The highest BCUT2D eigenvalue weighted by molar-refractivity contribution is 5.77. The number of ether oxygens (including phenoxy) is 1. The second kappa shape index (κ2) is 6.94. The van der Waals surface area contributed by atoms with Crippen molar-refractivity contribution in [2.45, 2.75) is 39.0 Å². The average molecular weight is 271 g/mol. The van der Waals surface area contributed by atoms with Gasteiger partial charge in [0, 0.05) is 6.54 Å². The van der Waals surface area contributed by atoms with Crippen molar-refractivity contribution in [1.29, 1.82) is 0 Å². The summed E-state index contributed by atoms with van der Waals surface area (Å²) in [4.78, 5) is 11.2. The van der Waals surface area contributed by atoms with Crippen LogP contribution in [-0.4, -0.2) is 42.5 Å². The lowest BCUT2D eigenvalue weighted by Crippen LogP contribution is -2.46. The van der Waals surface area contributed by atoms with E-state index in [1.807, 2.05) is 13.8 Å². The zero-order valence-corrected chi connectivity index (χ0v) is 10.8. The van der Waals surface area contributed by atoms with Crippen LogP contribution in [0.3, 0.4) is 0 Å². The Morgan fingerprint density at radius 3 is 2.44 bits per heavy atom. The molecule has 18 heavy (non-hydrogen) atoms. The molecule has 2 N–H and O–H groups in total. The molecule has 0 heterocycles. The molecule has 108 valence electrons. The van der Waals surface area contributed by atoms with Gasteiger partial charge in [0.05, 0.1) is 5.60 Å². The number of nitrogens with one attached hydrogen (secondary N) is 1. The van der Waals surface area contributed by atoms with Crippen LogP contribution < -0.4 is 5.32 Å². The Balaban J connectivity index is 3.90.